The van der Waals surface area contributed by atoms with Crippen LogP contribution in [-0.2, 0) is 0 Å². The van der Waals surface area contributed by atoms with Gasteiger partial charge in [-0.1, -0.05) is 45.9 Å². The van der Waals surface area contributed by atoms with E-state index in [1.165, 1.54) is 0 Å². The molecule has 0 saturated carbocycles. The van der Waals surface area contributed by atoms with Crippen molar-refractivity contribution in [3.8, 4) is 5.75 Å². The first-order valence-electron chi connectivity index (χ1n) is 8.60. The Labute approximate surface area is 145 Å². The maximum atomic E-state index is 12.7. The van der Waals surface area contributed by atoms with Crippen LogP contribution in [0.15, 0.2) is 24.3 Å². The number of hydrogen-bond acceptors (Lipinski definition) is 3. The van der Waals surface area contributed by atoms with Gasteiger partial charge in [0.2, 0.25) is 0 Å². The molecule has 1 aliphatic rings. The van der Waals surface area contributed by atoms with Crippen LogP contribution in [0.1, 0.15) is 45.7 Å². The van der Waals surface area contributed by atoms with Gasteiger partial charge < -0.3 is 20.1 Å². The fourth-order valence-corrected chi connectivity index (χ4v) is 3.11. The molecule has 0 aliphatic carbocycles. The quantitative estimate of drug-likeness (QED) is 0.892. The number of ether oxygens (including phenoxy) is 1. The Hall–Kier alpha value is -1.75. The van der Waals surface area contributed by atoms with Gasteiger partial charge in [-0.15, -0.1) is 0 Å². The lowest BCUT2D eigenvalue weighted by Crippen LogP contribution is -2.51. The van der Waals surface area contributed by atoms with Gasteiger partial charge in [0.1, 0.15) is 5.75 Å². The minimum atomic E-state index is -0.455. The standard InChI is InChI=1S/C19H30N2O3/c1-13-10-11-21(12-15(13)22)18(23)20-17(19(2,3)4)14-8-6-7-9-16(14)24-5/h6-9,13,15,17,22H,10-12H2,1-5H3,(H,20,23). The molecule has 1 aromatic rings. The fraction of sp³-hybridized carbons (Fsp3) is 0.632. The van der Waals surface area contributed by atoms with Crippen LogP contribution in [0.2, 0.25) is 0 Å². The molecule has 1 fully saturated rings. The Morgan fingerprint density at radius 2 is 2.04 bits per heavy atom. The van der Waals surface area contributed by atoms with E-state index in [0.717, 1.165) is 17.7 Å². The third kappa shape index (κ3) is 4.20. The van der Waals surface area contributed by atoms with Crippen LogP contribution < -0.4 is 10.1 Å². The Bertz CT molecular complexity index is 568. The van der Waals surface area contributed by atoms with Gasteiger partial charge in [0.25, 0.3) is 0 Å². The first-order valence-corrected chi connectivity index (χ1v) is 8.60. The number of aliphatic hydroxyl groups is 1. The van der Waals surface area contributed by atoms with Crippen LogP contribution in [0.3, 0.4) is 0 Å². The number of piperidine rings is 1. The SMILES string of the molecule is COc1ccccc1C(NC(=O)N1CCC(C)C(O)C1)C(C)(C)C. The number of amides is 2. The zero-order valence-electron chi connectivity index (χ0n) is 15.4. The molecule has 2 rings (SSSR count). The number of benzene rings is 1. The molecule has 1 saturated heterocycles. The molecular formula is C19H30N2O3. The summed E-state index contributed by atoms with van der Waals surface area (Å²) in [5, 5.41) is 13.2. The van der Waals surface area contributed by atoms with E-state index in [0.29, 0.717) is 13.1 Å². The number of carbonyl (C=O) groups is 1. The largest absolute Gasteiger partial charge is 0.496 e. The van der Waals surface area contributed by atoms with Crippen molar-refractivity contribution in [2.45, 2.75) is 46.3 Å². The molecule has 2 amide bonds. The minimum absolute atomic E-state index is 0.133. The summed E-state index contributed by atoms with van der Waals surface area (Å²) >= 11 is 0. The lowest BCUT2D eigenvalue weighted by atomic mass is 9.82. The zero-order chi connectivity index (χ0) is 17.9. The highest BCUT2D eigenvalue weighted by Crippen LogP contribution is 2.37. The molecule has 24 heavy (non-hydrogen) atoms. The molecule has 1 aromatic carbocycles. The van der Waals surface area contributed by atoms with E-state index in [9.17, 15) is 9.90 Å². The number of likely N-dealkylation sites (tertiary alicyclic amines) is 1. The summed E-state index contributed by atoms with van der Waals surface area (Å²) in [5.41, 5.74) is 0.790. The third-order valence-electron chi connectivity index (χ3n) is 4.79. The van der Waals surface area contributed by atoms with Gasteiger partial charge in [-0.25, -0.2) is 4.79 Å². The number of aliphatic hydroxyl groups excluding tert-OH is 1. The molecule has 2 N–H and O–H groups in total. The molecule has 3 atom stereocenters. The molecule has 5 heteroatoms. The van der Waals surface area contributed by atoms with Crippen molar-refractivity contribution >= 4 is 6.03 Å². The predicted octanol–water partition coefficient (Wildman–Crippen LogP) is 3.19. The van der Waals surface area contributed by atoms with E-state index in [-0.39, 0.29) is 23.4 Å². The number of hydrogen-bond donors (Lipinski definition) is 2. The Kier molecular flexibility index (Phi) is 5.75. The average Bonchev–Trinajstić information content (AvgIpc) is 2.53. The smallest absolute Gasteiger partial charge is 0.317 e. The predicted molar refractivity (Wildman–Crippen MR) is 95.1 cm³/mol. The van der Waals surface area contributed by atoms with Crippen molar-refractivity contribution in [2.75, 3.05) is 20.2 Å². The molecule has 1 aliphatic heterocycles. The summed E-state index contributed by atoms with van der Waals surface area (Å²) < 4.78 is 5.47. The summed E-state index contributed by atoms with van der Waals surface area (Å²) in [6, 6.07) is 7.46. The molecule has 1 heterocycles. The summed E-state index contributed by atoms with van der Waals surface area (Å²) in [7, 11) is 1.64. The van der Waals surface area contributed by atoms with E-state index < -0.39 is 6.10 Å². The number of methoxy groups -OCH3 is 1. The van der Waals surface area contributed by atoms with Crippen LogP contribution in [-0.4, -0.2) is 42.3 Å². The maximum absolute atomic E-state index is 12.7. The number of rotatable bonds is 3. The van der Waals surface area contributed by atoms with Crippen molar-refractivity contribution in [3.05, 3.63) is 29.8 Å². The number of nitrogens with zero attached hydrogens (tertiary/aromatic N) is 1. The highest BCUT2D eigenvalue weighted by Gasteiger charge is 2.33. The fourth-order valence-electron chi connectivity index (χ4n) is 3.11. The Morgan fingerprint density at radius 3 is 2.62 bits per heavy atom. The van der Waals surface area contributed by atoms with Gasteiger partial charge in [0.15, 0.2) is 0 Å². The molecule has 134 valence electrons. The highest BCUT2D eigenvalue weighted by molar-refractivity contribution is 5.75. The van der Waals surface area contributed by atoms with E-state index in [4.69, 9.17) is 4.74 Å². The first kappa shape index (κ1) is 18.6. The maximum Gasteiger partial charge on any atom is 0.317 e. The molecule has 0 radical (unpaired) electrons. The van der Waals surface area contributed by atoms with Crippen molar-refractivity contribution in [3.63, 3.8) is 0 Å². The molecule has 3 unspecified atom stereocenters. The Morgan fingerprint density at radius 1 is 1.38 bits per heavy atom. The van der Waals surface area contributed by atoms with Gasteiger partial charge in [0.05, 0.1) is 19.3 Å². The van der Waals surface area contributed by atoms with Crippen molar-refractivity contribution in [1.29, 1.82) is 0 Å². The van der Waals surface area contributed by atoms with E-state index >= 15 is 0 Å². The van der Waals surface area contributed by atoms with Crippen LogP contribution in [0.4, 0.5) is 4.79 Å². The molecular weight excluding hydrogens is 304 g/mol. The van der Waals surface area contributed by atoms with Crippen molar-refractivity contribution < 1.29 is 14.6 Å². The molecule has 5 nitrogen and oxygen atoms in total. The van der Waals surface area contributed by atoms with Crippen LogP contribution in [0, 0.1) is 11.3 Å². The molecule has 0 aromatic heterocycles. The second-order valence-electron chi connectivity index (χ2n) is 7.77. The van der Waals surface area contributed by atoms with Crippen molar-refractivity contribution in [1.82, 2.24) is 10.2 Å². The van der Waals surface area contributed by atoms with E-state index in [1.807, 2.05) is 31.2 Å². The van der Waals surface area contributed by atoms with Crippen LogP contribution in [0.5, 0.6) is 5.75 Å². The number of β-amino-alcohol motifs (C(OH)–C–C–N with tert-alkyl or cyclic N) is 1. The second-order valence-corrected chi connectivity index (χ2v) is 7.77. The summed E-state index contributed by atoms with van der Waals surface area (Å²) in [6.45, 7) is 9.36. The van der Waals surface area contributed by atoms with Gasteiger partial charge in [-0.3, -0.25) is 0 Å². The average molecular weight is 334 g/mol. The lowest BCUT2D eigenvalue weighted by Gasteiger charge is -2.38. The summed E-state index contributed by atoms with van der Waals surface area (Å²) in [4.78, 5) is 14.5. The van der Waals surface area contributed by atoms with E-state index in [1.54, 1.807) is 12.0 Å². The normalized spacial score (nSPS) is 22.8. The monoisotopic (exact) mass is 334 g/mol. The molecule has 0 bridgehead atoms. The third-order valence-corrected chi connectivity index (χ3v) is 4.79. The van der Waals surface area contributed by atoms with Gasteiger partial charge >= 0.3 is 6.03 Å². The number of para-hydroxylation sites is 1. The zero-order valence-corrected chi connectivity index (χ0v) is 15.4. The summed E-state index contributed by atoms with van der Waals surface area (Å²) in [6.07, 6.45) is 0.368. The van der Waals surface area contributed by atoms with Crippen molar-refractivity contribution in [2.24, 2.45) is 11.3 Å². The molecule has 0 spiro atoms. The lowest BCUT2D eigenvalue weighted by molar-refractivity contribution is 0.0419. The number of urea groups is 1. The van der Waals surface area contributed by atoms with E-state index in [2.05, 4.69) is 26.1 Å². The van der Waals surface area contributed by atoms with Gasteiger partial charge in [0, 0.05) is 18.7 Å². The van der Waals surface area contributed by atoms with Gasteiger partial charge in [-0.05, 0) is 23.8 Å². The van der Waals surface area contributed by atoms with Crippen LogP contribution >= 0.6 is 0 Å². The number of carbonyl (C=O) groups excluding carboxylic acids is 1. The number of nitrogens with one attached hydrogen (secondary N) is 1. The first-order chi connectivity index (χ1) is 11.2. The Balaban J connectivity index is 2.19. The topological polar surface area (TPSA) is 61.8 Å². The highest BCUT2D eigenvalue weighted by atomic mass is 16.5. The second kappa shape index (κ2) is 7.43. The summed E-state index contributed by atoms with van der Waals surface area (Å²) in [5.74, 6) is 1.01. The van der Waals surface area contributed by atoms with Crippen LogP contribution in [0.25, 0.3) is 0 Å². The van der Waals surface area contributed by atoms with Gasteiger partial charge in [-0.2, -0.15) is 0 Å². The minimum Gasteiger partial charge on any atom is -0.496 e.